The van der Waals surface area contributed by atoms with Crippen LogP contribution < -0.4 is 10.1 Å². The lowest BCUT2D eigenvalue weighted by molar-refractivity contribution is -0.155. The van der Waals surface area contributed by atoms with E-state index < -0.39 is 18.0 Å². The second-order valence-electron chi connectivity index (χ2n) is 6.16. The van der Waals surface area contributed by atoms with Gasteiger partial charge >= 0.3 is 5.97 Å². The molecule has 0 saturated heterocycles. The zero-order chi connectivity index (χ0) is 19.3. The van der Waals surface area contributed by atoms with Crippen molar-refractivity contribution in [3.05, 3.63) is 58.1 Å². The minimum Gasteiger partial charge on any atom is -0.480 e. The molecule has 0 aromatic heterocycles. The normalized spacial score (nSPS) is 11.6. The minimum absolute atomic E-state index is 0.329. The molecule has 2 aromatic carbocycles. The third-order valence-corrected chi connectivity index (χ3v) is 4.07. The van der Waals surface area contributed by atoms with Crippen LogP contribution in [-0.4, -0.2) is 24.6 Å². The standard InChI is InChI=1S/C20H22ClNO4/c1-12-5-7-14(3)17(9-12)22-20(24)15(4)26-19(23)11-25-18-10-13(2)6-8-16(18)21/h5-10,15H,11H2,1-4H3,(H,22,24)/t15-/m0/s1. The third-order valence-electron chi connectivity index (χ3n) is 3.76. The molecule has 0 spiro atoms. The molecule has 0 bridgehead atoms. The summed E-state index contributed by atoms with van der Waals surface area (Å²) in [6.07, 6.45) is -0.945. The first-order chi connectivity index (χ1) is 12.3. The lowest BCUT2D eigenvalue weighted by Gasteiger charge is -2.15. The Hall–Kier alpha value is -2.53. The number of anilines is 1. The quantitative estimate of drug-likeness (QED) is 0.768. The molecule has 0 saturated carbocycles. The molecule has 0 heterocycles. The Labute approximate surface area is 158 Å². The van der Waals surface area contributed by atoms with Gasteiger partial charge in [0.05, 0.1) is 5.02 Å². The molecule has 0 aliphatic rings. The number of hydrogen-bond donors (Lipinski definition) is 1. The Kier molecular flexibility index (Phi) is 6.64. The molecular weight excluding hydrogens is 354 g/mol. The molecule has 0 fully saturated rings. The molecule has 1 atom stereocenters. The fraction of sp³-hybridized carbons (Fsp3) is 0.300. The van der Waals surface area contributed by atoms with Crippen molar-refractivity contribution < 1.29 is 19.1 Å². The first-order valence-electron chi connectivity index (χ1n) is 8.23. The van der Waals surface area contributed by atoms with E-state index in [2.05, 4.69) is 5.32 Å². The topological polar surface area (TPSA) is 64.6 Å². The highest BCUT2D eigenvalue weighted by atomic mass is 35.5. The van der Waals surface area contributed by atoms with Gasteiger partial charge in [-0.1, -0.05) is 29.8 Å². The van der Waals surface area contributed by atoms with Crippen LogP contribution in [0.5, 0.6) is 5.75 Å². The maximum Gasteiger partial charge on any atom is 0.344 e. The van der Waals surface area contributed by atoms with Gasteiger partial charge < -0.3 is 14.8 Å². The van der Waals surface area contributed by atoms with Gasteiger partial charge in [-0.25, -0.2) is 4.79 Å². The number of benzene rings is 2. The number of aryl methyl sites for hydroxylation is 3. The van der Waals surface area contributed by atoms with E-state index in [-0.39, 0.29) is 6.61 Å². The van der Waals surface area contributed by atoms with Gasteiger partial charge in [0.2, 0.25) is 0 Å². The van der Waals surface area contributed by atoms with Gasteiger partial charge in [-0.15, -0.1) is 0 Å². The van der Waals surface area contributed by atoms with Crippen molar-refractivity contribution in [3.63, 3.8) is 0 Å². The van der Waals surface area contributed by atoms with Gasteiger partial charge in [0, 0.05) is 5.69 Å². The Balaban J connectivity index is 1.88. The fourth-order valence-corrected chi connectivity index (χ4v) is 2.42. The summed E-state index contributed by atoms with van der Waals surface area (Å²) in [4.78, 5) is 24.2. The number of rotatable bonds is 6. The zero-order valence-electron chi connectivity index (χ0n) is 15.3. The van der Waals surface area contributed by atoms with Gasteiger partial charge in [0.15, 0.2) is 12.7 Å². The predicted molar refractivity (Wildman–Crippen MR) is 102 cm³/mol. The van der Waals surface area contributed by atoms with Crippen molar-refractivity contribution >= 4 is 29.2 Å². The molecule has 6 heteroatoms. The SMILES string of the molecule is Cc1ccc(C)c(NC(=O)[C@H](C)OC(=O)COc2cc(C)ccc2Cl)c1. The number of amides is 1. The summed E-state index contributed by atoms with van der Waals surface area (Å²) in [7, 11) is 0. The second-order valence-corrected chi connectivity index (χ2v) is 6.57. The Morgan fingerprint density at radius 2 is 1.73 bits per heavy atom. The van der Waals surface area contributed by atoms with Crippen molar-refractivity contribution in [1.82, 2.24) is 0 Å². The second kappa shape index (κ2) is 8.72. The fourth-order valence-electron chi connectivity index (χ4n) is 2.25. The molecule has 0 aliphatic carbocycles. The van der Waals surface area contributed by atoms with E-state index in [1.54, 1.807) is 12.1 Å². The summed E-state index contributed by atoms with van der Waals surface area (Å²) in [5.74, 6) is -0.650. The maximum atomic E-state index is 12.2. The molecule has 26 heavy (non-hydrogen) atoms. The molecule has 2 aromatic rings. The van der Waals surface area contributed by atoms with E-state index in [0.717, 1.165) is 16.7 Å². The Morgan fingerprint density at radius 3 is 2.46 bits per heavy atom. The minimum atomic E-state index is -0.945. The Morgan fingerprint density at radius 1 is 1.08 bits per heavy atom. The molecule has 0 unspecified atom stereocenters. The lowest BCUT2D eigenvalue weighted by Crippen LogP contribution is -2.31. The first kappa shape index (κ1) is 19.8. The van der Waals surface area contributed by atoms with Gasteiger partial charge in [0.1, 0.15) is 5.75 Å². The smallest absolute Gasteiger partial charge is 0.344 e. The number of halogens is 1. The van der Waals surface area contributed by atoms with Crippen LogP contribution in [0.2, 0.25) is 5.02 Å². The molecule has 1 amide bonds. The van der Waals surface area contributed by atoms with Gasteiger partial charge in [0.25, 0.3) is 5.91 Å². The van der Waals surface area contributed by atoms with E-state index >= 15 is 0 Å². The van der Waals surface area contributed by atoms with Crippen molar-refractivity contribution in [2.45, 2.75) is 33.8 Å². The van der Waals surface area contributed by atoms with Crippen LogP contribution >= 0.6 is 11.6 Å². The van der Waals surface area contributed by atoms with Crippen molar-refractivity contribution in [2.24, 2.45) is 0 Å². The molecule has 0 aliphatic heterocycles. The third kappa shape index (κ3) is 5.49. The van der Waals surface area contributed by atoms with Gasteiger partial charge in [-0.3, -0.25) is 4.79 Å². The van der Waals surface area contributed by atoms with Gasteiger partial charge in [-0.2, -0.15) is 0 Å². The number of carbonyl (C=O) groups is 2. The van der Waals surface area contributed by atoms with Crippen LogP contribution in [0.1, 0.15) is 23.6 Å². The van der Waals surface area contributed by atoms with Crippen LogP contribution in [0.4, 0.5) is 5.69 Å². The van der Waals surface area contributed by atoms with Crippen molar-refractivity contribution in [3.8, 4) is 5.75 Å². The summed E-state index contributed by atoms with van der Waals surface area (Å²) in [6.45, 7) is 6.90. The number of hydrogen-bond acceptors (Lipinski definition) is 4. The average molecular weight is 376 g/mol. The highest BCUT2D eigenvalue weighted by Gasteiger charge is 2.19. The van der Waals surface area contributed by atoms with E-state index in [1.165, 1.54) is 6.92 Å². The van der Waals surface area contributed by atoms with Crippen LogP contribution in [0, 0.1) is 20.8 Å². The molecule has 0 radical (unpaired) electrons. The number of nitrogens with one attached hydrogen (secondary N) is 1. The van der Waals surface area contributed by atoms with E-state index in [4.69, 9.17) is 21.1 Å². The van der Waals surface area contributed by atoms with Crippen molar-refractivity contribution in [1.29, 1.82) is 0 Å². The zero-order valence-corrected chi connectivity index (χ0v) is 16.0. The van der Waals surface area contributed by atoms with Crippen LogP contribution in [0.25, 0.3) is 0 Å². The molecular formula is C20H22ClNO4. The van der Waals surface area contributed by atoms with Crippen LogP contribution in [0.3, 0.4) is 0 Å². The number of ether oxygens (including phenoxy) is 2. The largest absolute Gasteiger partial charge is 0.480 e. The summed E-state index contributed by atoms with van der Waals surface area (Å²) in [6, 6.07) is 11.0. The van der Waals surface area contributed by atoms with Crippen LogP contribution in [0.15, 0.2) is 36.4 Å². The highest BCUT2D eigenvalue weighted by Crippen LogP contribution is 2.25. The molecule has 1 N–H and O–H groups in total. The molecule has 5 nitrogen and oxygen atoms in total. The van der Waals surface area contributed by atoms with Gasteiger partial charge in [-0.05, 0) is 62.6 Å². The summed E-state index contributed by atoms with van der Waals surface area (Å²) >= 11 is 6.01. The van der Waals surface area contributed by atoms with Crippen LogP contribution in [-0.2, 0) is 14.3 Å². The summed E-state index contributed by atoms with van der Waals surface area (Å²) < 4.78 is 10.5. The number of carbonyl (C=O) groups excluding carboxylic acids is 2. The van der Waals surface area contributed by atoms with E-state index in [1.807, 2.05) is 45.0 Å². The van der Waals surface area contributed by atoms with E-state index in [9.17, 15) is 9.59 Å². The monoisotopic (exact) mass is 375 g/mol. The van der Waals surface area contributed by atoms with E-state index in [0.29, 0.717) is 16.5 Å². The first-order valence-corrected chi connectivity index (χ1v) is 8.60. The average Bonchev–Trinajstić information content (AvgIpc) is 2.58. The number of esters is 1. The maximum absolute atomic E-state index is 12.2. The Bertz CT molecular complexity index is 819. The lowest BCUT2D eigenvalue weighted by atomic mass is 10.1. The molecule has 2 rings (SSSR count). The summed E-state index contributed by atoms with van der Waals surface area (Å²) in [5, 5.41) is 3.18. The molecule has 138 valence electrons. The van der Waals surface area contributed by atoms with Crippen molar-refractivity contribution in [2.75, 3.05) is 11.9 Å². The highest BCUT2D eigenvalue weighted by molar-refractivity contribution is 6.32. The predicted octanol–water partition coefficient (Wildman–Crippen LogP) is 4.21. The summed E-state index contributed by atoms with van der Waals surface area (Å²) in [5.41, 5.74) is 3.61.